The Balaban J connectivity index is 1.43. The van der Waals surface area contributed by atoms with Gasteiger partial charge in [0.25, 0.3) is 5.91 Å². The first-order valence-corrected chi connectivity index (χ1v) is 9.87. The number of piperidine rings is 1. The molecule has 4 rings (SSSR count). The molecule has 0 aliphatic carbocycles. The number of hydrogen-bond acceptors (Lipinski definition) is 4. The van der Waals surface area contributed by atoms with E-state index in [0.717, 1.165) is 45.5 Å². The van der Waals surface area contributed by atoms with E-state index in [-0.39, 0.29) is 12.0 Å². The fraction of sp³-hybridized carbons (Fsp3) is 0.789. The molecule has 6 heteroatoms. The Morgan fingerprint density at radius 1 is 1.28 bits per heavy atom. The summed E-state index contributed by atoms with van der Waals surface area (Å²) in [5.74, 6) is 0.899. The van der Waals surface area contributed by atoms with E-state index in [1.807, 2.05) is 11.1 Å². The van der Waals surface area contributed by atoms with Gasteiger partial charge in [-0.2, -0.15) is 5.10 Å². The molecule has 0 aromatic carbocycles. The lowest BCUT2D eigenvalue weighted by molar-refractivity contribution is -0.143. The van der Waals surface area contributed by atoms with Crippen LogP contribution in [0, 0.1) is 5.92 Å². The van der Waals surface area contributed by atoms with Crippen LogP contribution in [0.2, 0.25) is 0 Å². The van der Waals surface area contributed by atoms with Gasteiger partial charge in [0, 0.05) is 43.4 Å². The number of aromatic amines is 1. The molecule has 6 nitrogen and oxygen atoms in total. The Morgan fingerprint density at radius 3 is 2.88 bits per heavy atom. The third kappa shape index (κ3) is 3.60. The van der Waals surface area contributed by atoms with Crippen LogP contribution in [0.4, 0.5) is 0 Å². The molecule has 1 unspecified atom stereocenters. The molecule has 1 aromatic heterocycles. The molecule has 3 saturated heterocycles. The normalized spacial score (nSPS) is 30.9. The maximum absolute atomic E-state index is 12.9. The Bertz CT molecular complexity index is 596. The third-order valence-electron chi connectivity index (χ3n) is 6.12. The monoisotopic (exact) mass is 346 g/mol. The Morgan fingerprint density at radius 2 is 2.12 bits per heavy atom. The van der Waals surface area contributed by atoms with E-state index in [4.69, 9.17) is 4.74 Å². The highest BCUT2D eigenvalue weighted by Crippen LogP contribution is 2.31. The molecule has 3 atom stereocenters. The zero-order chi connectivity index (χ0) is 17.2. The minimum atomic E-state index is -0.232. The number of amides is 1. The van der Waals surface area contributed by atoms with Crippen molar-refractivity contribution in [3.8, 4) is 0 Å². The molecular weight excluding hydrogens is 316 g/mol. The van der Waals surface area contributed by atoms with E-state index in [1.165, 1.54) is 37.2 Å². The minimum absolute atomic E-state index is 0.190. The van der Waals surface area contributed by atoms with E-state index in [2.05, 4.69) is 22.0 Å². The van der Waals surface area contributed by atoms with Crippen molar-refractivity contribution in [2.24, 2.45) is 5.92 Å². The van der Waals surface area contributed by atoms with Crippen LogP contribution in [-0.2, 0) is 16.1 Å². The van der Waals surface area contributed by atoms with E-state index in [1.54, 1.807) is 0 Å². The summed E-state index contributed by atoms with van der Waals surface area (Å²) in [5.41, 5.74) is 2.55. The molecule has 3 aliphatic heterocycles. The van der Waals surface area contributed by atoms with Gasteiger partial charge in [-0.05, 0) is 51.1 Å². The summed E-state index contributed by atoms with van der Waals surface area (Å²) in [5, 5.41) is 7.56. The van der Waals surface area contributed by atoms with Gasteiger partial charge in [0.1, 0.15) is 6.10 Å². The number of H-pyrrole nitrogens is 1. The van der Waals surface area contributed by atoms with Crippen molar-refractivity contribution in [2.45, 2.75) is 57.6 Å². The molecule has 1 N–H and O–H groups in total. The third-order valence-corrected chi connectivity index (χ3v) is 6.12. The van der Waals surface area contributed by atoms with Crippen LogP contribution in [-0.4, -0.2) is 64.8 Å². The molecular formula is C19H30N4O2. The predicted octanol–water partition coefficient (Wildman–Crippen LogP) is 2.14. The van der Waals surface area contributed by atoms with Gasteiger partial charge < -0.3 is 9.64 Å². The molecule has 0 bridgehead atoms. The molecule has 138 valence electrons. The molecule has 0 saturated carbocycles. The highest BCUT2D eigenvalue weighted by Gasteiger charge is 2.36. The van der Waals surface area contributed by atoms with Gasteiger partial charge in [-0.15, -0.1) is 0 Å². The summed E-state index contributed by atoms with van der Waals surface area (Å²) in [6.45, 7) is 7.86. The molecule has 4 heterocycles. The molecule has 1 amide bonds. The summed E-state index contributed by atoms with van der Waals surface area (Å²) in [6, 6.07) is 0. The van der Waals surface area contributed by atoms with E-state index >= 15 is 0 Å². The summed E-state index contributed by atoms with van der Waals surface area (Å²) in [4.78, 5) is 17.4. The van der Waals surface area contributed by atoms with Crippen molar-refractivity contribution < 1.29 is 9.53 Å². The number of nitrogens with one attached hydrogen (secondary N) is 1. The zero-order valence-corrected chi connectivity index (χ0v) is 15.2. The average Bonchev–Trinajstić information content (AvgIpc) is 3.37. The van der Waals surface area contributed by atoms with Crippen molar-refractivity contribution in [2.75, 3.05) is 32.8 Å². The Hall–Kier alpha value is -1.40. The van der Waals surface area contributed by atoms with Gasteiger partial charge >= 0.3 is 0 Å². The van der Waals surface area contributed by atoms with Crippen LogP contribution in [0.15, 0.2) is 6.20 Å². The van der Waals surface area contributed by atoms with Gasteiger partial charge in [0.15, 0.2) is 0 Å². The first-order valence-electron chi connectivity index (χ1n) is 9.87. The van der Waals surface area contributed by atoms with Gasteiger partial charge in [0.05, 0.1) is 6.20 Å². The largest absolute Gasteiger partial charge is 0.368 e. The highest BCUT2D eigenvalue weighted by atomic mass is 16.5. The van der Waals surface area contributed by atoms with Gasteiger partial charge in [-0.1, -0.05) is 6.92 Å². The number of nitrogens with zero attached hydrogens (tertiary/aromatic N) is 3. The molecule has 3 fully saturated rings. The number of aromatic nitrogens is 2. The number of hydrogen-bond donors (Lipinski definition) is 1. The topological polar surface area (TPSA) is 61.5 Å². The first-order chi connectivity index (χ1) is 12.2. The maximum atomic E-state index is 12.9. The molecule has 0 spiro atoms. The lowest BCUT2D eigenvalue weighted by atomic mass is 9.91. The molecule has 3 aliphatic rings. The smallest absolute Gasteiger partial charge is 0.251 e. The van der Waals surface area contributed by atoms with E-state index < -0.39 is 0 Å². The van der Waals surface area contributed by atoms with Crippen molar-refractivity contribution in [3.63, 3.8) is 0 Å². The minimum Gasteiger partial charge on any atom is -0.368 e. The van der Waals surface area contributed by atoms with Crippen LogP contribution in [0.25, 0.3) is 0 Å². The second-order valence-electron chi connectivity index (χ2n) is 7.97. The second-order valence-corrected chi connectivity index (χ2v) is 7.97. The predicted molar refractivity (Wildman–Crippen MR) is 95.2 cm³/mol. The number of rotatable bonds is 4. The fourth-order valence-electron chi connectivity index (χ4n) is 4.59. The lowest BCUT2D eigenvalue weighted by Crippen LogP contribution is -2.46. The average molecular weight is 346 g/mol. The summed E-state index contributed by atoms with van der Waals surface area (Å²) < 4.78 is 5.70. The SMILES string of the molecule is C[C@@H]1CCO[C@@H]1C(=O)N1CCCC(c2[nH]ncc2CN2CCCC2)C1. The van der Waals surface area contributed by atoms with Crippen molar-refractivity contribution in [3.05, 3.63) is 17.5 Å². The fourth-order valence-corrected chi connectivity index (χ4v) is 4.59. The number of carbonyl (C=O) groups is 1. The second kappa shape index (κ2) is 7.46. The first kappa shape index (κ1) is 17.0. The van der Waals surface area contributed by atoms with Crippen LogP contribution in [0.1, 0.15) is 56.2 Å². The van der Waals surface area contributed by atoms with Crippen LogP contribution in [0.5, 0.6) is 0 Å². The van der Waals surface area contributed by atoms with Crippen LogP contribution < -0.4 is 0 Å². The Kier molecular flexibility index (Phi) is 5.08. The number of likely N-dealkylation sites (tertiary alicyclic amines) is 2. The zero-order valence-electron chi connectivity index (χ0n) is 15.2. The maximum Gasteiger partial charge on any atom is 0.251 e. The molecule has 1 aromatic rings. The van der Waals surface area contributed by atoms with E-state index in [9.17, 15) is 4.79 Å². The quantitative estimate of drug-likeness (QED) is 0.907. The van der Waals surface area contributed by atoms with Gasteiger partial charge in [0.2, 0.25) is 0 Å². The number of carbonyl (C=O) groups excluding carboxylic acids is 1. The Labute approximate surface area is 149 Å². The van der Waals surface area contributed by atoms with Gasteiger partial charge in [-0.3, -0.25) is 14.8 Å². The van der Waals surface area contributed by atoms with Crippen molar-refractivity contribution in [1.29, 1.82) is 0 Å². The number of ether oxygens (including phenoxy) is 1. The highest BCUT2D eigenvalue weighted by molar-refractivity contribution is 5.81. The summed E-state index contributed by atoms with van der Waals surface area (Å²) in [6.07, 6.45) is 7.53. The molecule has 0 radical (unpaired) electrons. The van der Waals surface area contributed by atoms with Crippen LogP contribution >= 0.6 is 0 Å². The van der Waals surface area contributed by atoms with E-state index in [0.29, 0.717) is 11.8 Å². The summed E-state index contributed by atoms with van der Waals surface area (Å²) in [7, 11) is 0. The summed E-state index contributed by atoms with van der Waals surface area (Å²) >= 11 is 0. The van der Waals surface area contributed by atoms with Crippen molar-refractivity contribution >= 4 is 5.91 Å². The van der Waals surface area contributed by atoms with Crippen molar-refractivity contribution in [1.82, 2.24) is 20.0 Å². The van der Waals surface area contributed by atoms with Crippen LogP contribution in [0.3, 0.4) is 0 Å². The molecule has 25 heavy (non-hydrogen) atoms. The van der Waals surface area contributed by atoms with Gasteiger partial charge in [-0.25, -0.2) is 0 Å². The standard InChI is InChI=1S/C19H30N4O2/c1-14-6-10-25-18(14)19(24)23-9-4-5-15(13-23)17-16(11-20-21-17)12-22-7-2-3-8-22/h11,14-15,18H,2-10,12-13H2,1H3,(H,20,21)/t14-,15?,18+/m1/s1. The lowest BCUT2D eigenvalue weighted by Gasteiger charge is -2.35.